The SMILES string of the molecule is COc1cc(OSOCC(C)C)ccc1COc1ccc2c(C)cc(=O)oc2c1. The summed E-state index contributed by atoms with van der Waals surface area (Å²) in [5.74, 6) is 2.32. The second kappa shape index (κ2) is 9.71. The first-order valence-corrected chi connectivity index (χ1v) is 9.93. The standard InChI is InChI=1S/C22H24O6S/c1-14(2)12-26-29-28-18-6-5-16(20(11-18)24-4)13-25-17-7-8-19-15(3)9-22(23)27-21(19)10-17/h5-11,14H,12-13H2,1-4H3. The van der Waals surface area contributed by atoms with Gasteiger partial charge in [0.25, 0.3) is 0 Å². The first-order chi connectivity index (χ1) is 14.0. The third-order valence-corrected chi connectivity index (χ3v) is 4.65. The first kappa shape index (κ1) is 21.1. The number of benzene rings is 2. The number of hydrogen-bond donors (Lipinski definition) is 0. The minimum Gasteiger partial charge on any atom is -0.496 e. The fourth-order valence-electron chi connectivity index (χ4n) is 2.68. The van der Waals surface area contributed by atoms with Crippen LogP contribution in [0.1, 0.15) is 25.0 Å². The van der Waals surface area contributed by atoms with E-state index in [9.17, 15) is 4.79 Å². The van der Waals surface area contributed by atoms with E-state index in [1.165, 1.54) is 6.07 Å². The summed E-state index contributed by atoms with van der Waals surface area (Å²) < 4.78 is 27.5. The molecule has 7 heteroatoms. The van der Waals surface area contributed by atoms with Crippen LogP contribution in [0.5, 0.6) is 17.2 Å². The number of fused-ring (bicyclic) bond motifs is 1. The van der Waals surface area contributed by atoms with Gasteiger partial charge < -0.3 is 18.1 Å². The molecule has 3 aromatic rings. The van der Waals surface area contributed by atoms with Crippen LogP contribution in [0, 0.1) is 12.8 Å². The van der Waals surface area contributed by atoms with Crippen LogP contribution >= 0.6 is 12.3 Å². The predicted octanol–water partition coefficient (Wildman–Crippen LogP) is 5.30. The number of rotatable bonds is 9. The lowest BCUT2D eigenvalue weighted by Crippen LogP contribution is -2.01. The summed E-state index contributed by atoms with van der Waals surface area (Å²) in [5.41, 5.74) is 1.86. The molecule has 0 aliphatic heterocycles. The Hall–Kier alpha value is -2.64. The largest absolute Gasteiger partial charge is 0.496 e. The average molecular weight is 416 g/mol. The molecule has 1 heterocycles. The highest BCUT2D eigenvalue weighted by Crippen LogP contribution is 2.29. The molecule has 1 aromatic heterocycles. The van der Waals surface area contributed by atoms with Gasteiger partial charge in [-0.1, -0.05) is 13.8 Å². The quantitative estimate of drug-likeness (QED) is 0.266. The Balaban J connectivity index is 1.67. The van der Waals surface area contributed by atoms with Crippen molar-refractivity contribution in [2.45, 2.75) is 27.4 Å². The van der Waals surface area contributed by atoms with Gasteiger partial charge in [0.05, 0.1) is 13.7 Å². The number of hydrogen-bond acceptors (Lipinski definition) is 7. The molecule has 2 aromatic carbocycles. The van der Waals surface area contributed by atoms with Gasteiger partial charge in [0.1, 0.15) is 29.4 Å². The molecule has 0 atom stereocenters. The Morgan fingerprint density at radius 3 is 2.62 bits per heavy atom. The van der Waals surface area contributed by atoms with Crippen LogP contribution in [-0.4, -0.2) is 13.7 Å². The average Bonchev–Trinajstić information content (AvgIpc) is 2.69. The number of aryl methyl sites for hydroxylation is 1. The van der Waals surface area contributed by atoms with Gasteiger partial charge in [-0.25, -0.2) is 4.79 Å². The van der Waals surface area contributed by atoms with Crippen molar-refractivity contribution >= 4 is 23.3 Å². The molecule has 0 aliphatic rings. The zero-order valence-electron chi connectivity index (χ0n) is 16.9. The van der Waals surface area contributed by atoms with E-state index in [1.54, 1.807) is 19.2 Å². The van der Waals surface area contributed by atoms with E-state index in [4.69, 9.17) is 22.3 Å². The van der Waals surface area contributed by atoms with E-state index in [-0.39, 0.29) is 5.63 Å². The maximum absolute atomic E-state index is 11.6. The van der Waals surface area contributed by atoms with E-state index >= 15 is 0 Å². The van der Waals surface area contributed by atoms with Crippen molar-refractivity contribution < 1.29 is 22.3 Å². The Morgan fingerprint density at radius 1 is 1.07 bits per heavy atom. The molecule has 0 saturated heterocycles. The third-order valence-electron chi connectivity index (χ3n) is 4.16. The maximum Gasteiger partial charge on any atom is 0.336 e. The van der Waals surface area contributed by atoms with Crippen molar-refractivity contribution in [3.05, 3.63) is 64.0 Å². The molecule has 0 radical (unpaired) electrons. The Labute approximate surface area is 174 Å². The van der Waals surface area contributed by atoms with Crippen molar-refractivity contribution in [3.63, 3.8) is 0 Å². The second-order valence-electron chi connectivity index (χ2n) is 7.00. The zero-order chi connectivity index (χ0) is 20.8. The maximum atomic E-state index is 11.6. The minimum absolute atomic E-state index is 0.294. The Bertz CT molecular complexity index is 1030. The van der Waals surface area contributed by atoms with Crippen molar-refractivity contribution in [2.24, 2.45) is 5.92 Å². The second-order valence-corrected chi connectivity index (χ2v) is 7.54. The number of ether oxygens (including phenoxy) is 2. The van der Waals surface area contributed by atoms with Crippen LogP contribution in [0.3, 0.4) is 0 Å². The highest BCUT2D eigenvalue weighted by Gasteiger charge is 2.09. The fourth-order valence-corrected chi connectivity index (χ4v) is 3.24. The normalized spacial score (nSPS) is 11.1. The number of methoxy groups -OCH3 is 1. The lowest BCUT2D eigenvalue weighted by atomic mass is 10.1. The minimum atomic E-state index is -0.375. The molecule has 0 N–H and O–H groups in total. The molecule has 3 rings (SSSR count). The van der Waals surface area contributed by atoms with Crippen LogP contribution in [0.15, 0.2) is 51.7 Å². The van der Waals surface area contributed by atoms with Crippen LogP contribution < -0.4 is 19.3 Å². The monoisotopic (exact) mass is 416 g/mol. The smallest absolute Gasteiger partial charge is 0.336 e. The van der Waals surface area contributed by atoms with E-state index < -0.39 is 0 Å². The molecule has 0 amide bonds. The molecule has 0 fully saturated rings. The van der Waals surface area contributed by atoms with Gasteiger partial charge in [-0.05, 0) is 42.7 Å². The fraction of sp³-hybridized carbons (Fsp3) is 0.318. The van der Waals surface area contributed by atoms with Crippen LogP contribution in [-0.2, 0) is 10.8 Å². The van der Waals surface area contributed by atoms with Gasteiger partial charge in [-0.3, -0.25) is 4.18 Å². The van der Waals surface area contributed by atoms with Crippen LogP contribution in [0.4, 0.5) is 0 Å². The highest BCUT2D eigenvalue weighted by atomic mass is 32.2. The summed E-state index contributed by atoms with van der Waals surface area (Å²) >= 11 is 0.951. The molecule has 6 nitrogen and oxygen atoms in total. The predicted molar refractivity (Wildman–Crippen MR) is 114 cm³/mol. The van der Waals surface area contributed by atoms with E-state index in [0.717, 1.165) is 28.8 Å². The molecule has 0 unspecified atom stereocenters. The van der Waals surface area contributed by atoms with E-state index in [2.05, 4.69) is 13.8 Å². The molecule has 0 saturated carbocycles. The van der Waals surface area contributed by atoms with Crippen LogP contribution in [0.2, 0.25) is 0 Å². The topological polar surface area (TPSA) is 67.1 Å². The molecular weight excluding hydrogens is 392 g/mol. The Kier molecular flexibility index (Phi) is 7.06. The lowest BCUT2D eigenvalue weighted by molar-refractivity contribution is 0.294. The molecule has 29 heavy (non-hydrogen) atoms. The zero-order valence-corrected chi connectivity index (χ0v) is 17.7. The summed E-state index contributed by atoms with van der Waals surface area (Å²) in [4.78, 5) is 11.6. The highest BCUT2D eigenvalue weighted by molar-refractivity contribution is 7.90. The molecule has 0 aliphatic carbocycles. The van der Waals surface area contributed by atoms with Crippen molar-refractivity contribution in [1.29, 1.82) is 0 Å². The lowest BCUT2D eigenvalue weighted by Gasteiger charge is -2.12. The molecule has 0 spiro atoms. The summed E-state index contributed by atoms with van der Waals surface area (Å²) in [5, 5.41) is 0.883. The van der Waals surface area contributed by atoms with E-state index in [0.29, 0.717) is 42.0 Å². The summed E-state index contributed by atoms with van der Waals surface area (Å²) in [6.07, 6.45) is 0. The van der Waals surface area contributed by atoms with Gasteiger partial charge in [0, 0.05) is 29.1 Å². The van der Waals surface area contributed by atoms with Gasteiger partial charge >= 0.3 is 5.63 Å². The van der Waals surface area contributed by atoms with Crippen molar-refractivity contribution in [2.75, 3.05) is 13.7 Å². The first-order valence-electron chi connectivity index (χ1n) is 9.26. The van der Waals surface area contributed by atoms with Gasteiger partial charge in [0.2, 0.25) is 12.3 Å². The molecule has 0 bridgehead atoms. The summed E-state index contributed by atoms with van der Waals surface area (Å²) in [7, 11) is 1.60. The van der Waals surface area contributed by atoms with Crippen molar-refractivity contribution in [3.8, 4) is 17.2 Å². The van der Waals surface area contributed by atoms with Crippen molar-refractivity contribution in [1.82, 2.24) is 0 Å². The van der Waals surface area contributed by atoms with E-state index in [1.807, 2.05) is 31.2 Å². The van der Waals surface area contributed by atoms with Crippen LogP contribution in [0.25, 0.3) is 11.0 Å². The molecule has 154 valence electrons. The summed E-state index contributed by atoms with van der Waals surface area (Å²) in [6.45, 7) is 6.92. The van der Waals surface area contributed by atoms with Gasteiger partial charge in [-0.15, -0.1) is 0 Å². The molecular formula is C22H24O6S. The summed E-state index contributed by atoms with van der Waals surface area (Å²) in [6, 6.07) is 12.4. The Morgan fingerprint density at radius 2 is 1.86 bits per heavy atom. The van der Waals surface area contributed by atoms with Gasteiger partial charge in [0.15, 0.2) is 0 Å². The van der Waals surface area contributed by atoms with Gasteiger partial charge in [-0.2, -0.15) is 0 Å². The third kappa shape index (κ3) is 5.68.